The molecule has 0 amide bonds. The highest BCUT2D eigenvalue weighted by molar-refractivity contribution is 5.65. The van der Waals surface area contributed by atoms with Crippen LogP contribution in [0.15, 0.2) is 54.7 Å². The van der Waals surface area contributed by atoms with Crippen LogP contribution in [0.1, 0.15) is 30.9 Å². The summed E-state index contributed by atoms with van der Waals surface area (Å²) >= 11 is 0. The van der Waals surface area contributed by atoms with Gasteiger partial charge in [-0.05, 0) is 61.3 Å². The van der Waals surface area contributed by atoms with Crippen molar-refractivity contribution in [3.63, 3.8) is 0 Å². The first-order valence-electron chi connectivity index (χ1n) is 11.9. The fourth-order valence-electron chi connectivity index (χ4n) is 3.79. The molecule has 2 aliphatic rings. The van der Waals surface area contributed by atoms with Gasteiger partial charge in [0.05, 0.1) is 12.3 Å². The van der Waals surface area contributed by atoms with Gasteiger partial charge in [-0.2, -0.15) is 0 Å². The summed E-state index contributed by atoms with van der Waals surface area (Å²) in [5, 5.41) is 14.0. The Balaban J connectivity index is 1.54. The molecule has 0 saturated heterocycles. The van der Waals surface area contributed by atoms with Gasteiger partial charge in [0.25, 0.3) is 0 Å². The Morgan fingerprint density at radius 1 is 0.970 bits per heavy atom. The molecule has 0 saturated carbocycles. The Kier molecular flexibility index (Phi) is 8.63. The number of nitrogens with one attached hydrogen (secondary N) is 4. The predicted octanol–water partition coefficient (Wildman–Crippen LogP) is 4.31. The summed E-state index contributed by atoms with van der Waals surface area (Å²) in [6, 6.07) is 16.8. The van der Waals surface area contributed by atoms with E-state index < -0.39 is 0 Å². The van der Waals surface area contributed by atoms with E-state index in [2.05, 4.69) is 75.6 Å². The van der Waals surface area contributed by atoms with Gasteiger partial charge >= 0.3 is 0 Å². The molecule has 0 fully saturated rings. The second-order valence-electron chi connectivity index (χ2n) is 8.21. The van der Waals surface area contributed by atoms with Crippen LogP contribution in [0.4, 0.5) is 17.3 Å². The fraction of sp³-hybridized carbons (Fsp3) is 0.385. The number of aromatic nitrogens is 2. The molecule has 33 heavy (non-hydrogen) atoms. The molecule has 5 rings (SSSR count). The van der Waals surface area contributed by atoms with E-state index in [4.69, 9.17) is 9.72 Å². The van der Waals surface area contributed by atoms with Gasteiger partial charge in [-0.3, -0.25) is 0 Å². The smallest absolute Gasteiger partial charge is 0.227 e. The Morgan fingerprint density at radius 3 is 2.67 bits per heavy atom. The number of rotatable bonds is 6. The van der Waals surface area contributed by atoms with Gasteiger partial charge in [0, 0.05) is 49.4 Å². The summed E-state index contributed by atoms with van der Waals surface area (Å²) in [6.45, 7) is 8.00. The van der Waals surface area contributed by atoms with Crippen molar-refractivity contribution < 1.29 is 4.74 Å². The summed E-state index contributed by atoms with van der Waals surface area (Å²) < 4.78 is 5.61. The van der Waals surface area contributed by atoms with E-state index >= 15 is 0 Å². The molecule has 6 bridgehead atoms. The molecule has 0 radical (unpaired) electrons. The summed E-state index contributed by atoms with van der Waals surface area (Å²) in [5.41, 5.74) is 6.55. The Hall–Kier alpha value is -3.00. The number of hydrogen-bond acceptors (Lipinski definition) is 7. The van der Waals surface area contributed by atoms with Gasteiger partial charge in [0.2, 0.25) is 5.95 Å². The lowest BCUT2D eigenvalue weighted by molar-refractivity contribution is 0.144. The summed E-state index contributed by atoms with van der Waals surface area (Å²) in [7, 11) is 0. The number of ether oxygens (including phenoxy) is 1. The van der Waals surface area contributed by atoms with Crippen LogP contribution in [-0.4, -0.2) is 42.8 Å². The molecule has 0 aliphatic carbocycles. The number of anilines is 3. The number of benzene rings is 2. The van der Waals surface area contributed by atoms with Crippen molar-refractivity contribution in [2.75, 3.05) is 43.5 Å². The molecule has 7 heteroatoms. The highest BCUT2D eigenvalue weighted by Gasteiger charge is 2.08. The zero-order chi connectivity index (χ0) is 22.7. The average Bonchev–Trinajstić information content (AvgIpc) is 2.84. The maximum atomic E-state index is 5.61. The van der Waals surface area contributed by atoms with Crippen LogP contribution >= 0.6 is 0 Å². The summed E-state index contributed by atoms with van der Waals surface area (Å²) in [4.78, 5) is 9.16. The fourth-order valence-corrected chi connectivity index (χ4v) is 3.79. The van der Waals surface area contributed by atoms with Crippen LogP contribution in [0.2, 0.25) is 0 Å². The lowest BCUT2D eigenvalue weighted by Gasteiger charge is -2.16. The van der Waals surface area contributed by atoms with Crippen LogP contribution in [0, 0.1) is 0 Å². The van der Waals surface area contributed by atoms with Gasteiger partial charge in [-0.15, -0.1) is 0 Å². The molecule has 0 spiro atoms. The van der Waals surface area contributed by atoms with E-state index in [1.807, 2.05) is 6.07 Å². The van der Waals surface area contributed by atoms with E-state index in [0.29, 0.717) is 12.6 Å². The first-order chi connectivity index (χ1) is 16.3. The van der Waals surface area contributed by atoms with E-state index in [0.717, 1.165) is 74.8 Å². The van der Waals surface area contributed by atoms with Crippen molar-refractivity contribution in [1.82, 2.24) is 20.6 Å². The monoisotopic (exact) mass is 446 g/mol. The van der Waals surface area contributed by atoms with Crippen molar-refractivity contribution in [2.45, 2.75) is 32.9 Å². The molecule has 3 heterocycles. The van der Waals surface area contributed by atoms with Crippen molar-refractivity contribution >= 4 is 17.3 Å². The van der Waals surface area contributed by atoms with Crippen molar-refractivity contribution in [3.05, 3.63) is 65.9 Å². The Bertz CT molecular complexity index is 1010. The average molecular weight is 447 g/mol. The standard InChI is InChI=1S/C26H34N6O/c1-2-15-33-16-14-29-24-9-8-23-17-22(24)19-28-12-3-11-27-18-20-4-6-21(7-5-20)25-10-13-30-26(31-23)32-25/h4-10,13,17,27-29H,2-3,11-12,14-16,18-19H2,1H3,(H,30,31,32). The minimum atomic E-state index is 0.590. The predicted molar refractivity (Wildman–Crippen MR) is 135 cm³/mol. The van der Waals surface area contributed by atoms with Gasteiger partial charge in [0.1, 0.15) is 0 Å². The van der Waals surface area contributed by atoms with Crippen molar-refractivity contribution in [3.8, 4) is 11.3 Å². The SMILES string of the molecule is CCCOCCNc1ccc2cc1CNCCCNCc1ccc(cc1)-c1ccnc(n1)N2. The first-order valence-corrected chi connectivity index (χ1v) is 11.9. The minimum Gasteiger partial charge on any atom is -0.382 e. The molecule has 0 unspecified atom stereocenters. The van der Waals surface area contributed by atoms with Crippen LogP contribution < -0.4 is 21.3 Å². The summed E-state index contributed by atoms with van der Waals surface area (Å²) in [5.74, 6) is 0.590. The Labute approximate surface area is 196 Å². The maximum absolute atomic E-state index is 5.61. The highest BCUT2D eigenvalue weighted by atomic mass is 16.5. The molecular formula is C26H34N6O. The molecule has 7 nitrogen and oxygen atoms in total. The zero-order valence-electron chi connectivity index (χ0n) is 19.4. The van der Waals surface area contributed by atoms with Crippen LogP contribution in [0.3, 0.4) is 0 Å². The third-order valence-electron chi connectivity index (χ3n) is 5.53. The highest BCUT2D eigenvalue weighted by Crippen LogP contribution is 2.24. The van der Waals surface area contributed by atoms with Gasteiger partial charge in [-0.25, -0.2) is 9.97 Å². The van der Waals surface area contributed by atoms with Crippen molar-refractivity contribution in [1.29, 1.82) is 0 Å². The minimum absolute atomic E-state index is 0.590. The van der Waals surface area contributed by atoms with Gasteiger partial charge < -0.3 is 26.0 Å². The molecule has 3 aromatic rings. The first kappa shape index (κ1) is 23.2. The Morgan fingerprint density at radius 2 is 1.82 bits per heavy atom. The topological polar surface area (TPSA) is 83.1 Å². The van der Waals surface area contributed by atoms with E-state index in [-0.39, 0.29) is 0 Å². The number of hydrogen-bond donors (Lipinski definition) is 4. The molecule has 174 valence electrons. The van der Waals surface area contributed by atoms with E-state index in [9.17, 15) is 0 Å². The van der Waals surface area contributed by atoms with Crippen molar-refractivity contribution in [2.24, 2.45) is 0 Å². The molecule has 2 aliphatic heterocycles. The molecule has 1 aromatic heterocycles. The molecule has 0 atom stereocenters. The van der Waals surface area contributed by atoms with Gasteiger partial charge in [0.15, 0.2) is 0 Å². The van der Waals surface area contributed by atoms with Gasteiger partial charge in [-0.1, -0.05) is 31.2 Å². The maximum Gasteiger partial charge on any atom is 0.227 e. The lowest BCUT2D eigenvalue weighted by Crippen LogP contribution is -2.22. The van der Waals surface area contributed by atoms with Crippen LogP contribution in [-0.2, 0) is 17.8 Å². The molecule has 4 N–H and O–H groups in total. The summed E-state index contributed by atoms with van der Waals surface area (Å²) in [6.07, 6.45) is 3.91. The largest absolute Gasteiger partial charge is 0.382 e. The van der Waals surface area contributed by atoms with Crippen LogP contribution in [0.25, 0.3) is 11.3 Å². The second-order valence-corrected chi connectivity index (χ2v) is 8.21. The van der Waals surface area contributed by atoms with E-state index in [1.54, 1.807) is 6.20 Å². The zero-order valence-corrected chi connectivity index (χ0v) is 19.4. The second kappa shape index (κ2) is 12.3. The molecule has 2 aromatic carbocycles. The number of nitrogens with zero attached hydrogens (tertiary/aromatic N) is 2. The normalized spacial score (nSPS) is 14.2. The quantitative estimate of drug-likeness (QED) is 0.420. The molecular weight excluding hydrogens is 412 g/mol. The third-order valence-corrected chi connectivity index (χ3v) is 5.53. The van der Waals surface area contributed by atoms with E-state index in [1.165, 1.54) is 11.1 Å². The number of fused-ring (bicyclic) bond motifs is 8. The third kappa shape index (κ3) is 6.99. The van der Waals surface area contributed by atoms with Crippen LogP contribution in [0.5, 0.6) is 0 Å². The lowest BCUT2D eigenvalue weighted by atomic mass is 10.1.